The Morgan fingerprint density at radius 3 is 2.36 bits per heavy atom. The predicted molar refractivity (Wildman–Crippen MR) is 89.3 cm³/mol. The third-order valence-electron chi connectivity index (χ3n) is 2.93. The van der Waals surface area contributed by atoms with Gasteiger partial charge in [0.05, 0.1) is 0 Å². The Hall–Kier alpha value is -2.15. The van der Waals surface area contributed by atoms with Gasteiger partial charge in [0.2, 0.25) is 0 Å². The molecule has 0 unspecified atom stereocenters. The number of aromatic nitrogens is 1. The van der Waals surface area contributed by atoms with Gasteiger partial charge in [-0.3, -0.25) is 14.8 Å². The number of hydrogen-bond donors (Lipinski definition) is 2. The van der Waals surface area contributed by atoms with Gasteiger partial charge in [0, 0.05) is 35.5 Å². The Morgan fingerprint density at radius 1 is 1.18 bits per heavy atom. The highest BCUT2D eigenvalue weighted by Crippen LogP contribution is 2.12. The summed E-state index contributed by atoms with van der Waals surface area (Å²) in [6.07, 6.45) is 6.04. The van der Waals surface area contributed by atoms with Crippen LogP contribution in [0.5, 0.6) is 0 Å². The summed E-state index contributed by atoms with van der Waals surface area (Å²) >= 11 is 1.48. The average Bonchev–Trinajstić information content (AvgIpc) is 3.13. The van der Waals surface area contributed by atoms with Crippen molar-refractivity contribution < 1.29 is 14.8 Å². The summed E-state index contributed by atoms with van der Waals surface area (Å²) in [5.74, 6) is -0.643. The molecule has 0 radical (unpaired) electrons. The van der Waals surface area contributed by atoms with Crippen LogP contribution >= 0.6 is 23.7 Å². The molecule has 0 fully saturated rings. The summed E-state index contributed by atoms with van der Waals surface area (Å²) in [6, 6.07) is 5.44. The third-order valence-corrected chi connectivity index (χ3v) is 3.61. The second-order valence-electron chi connectivity index (χ2n) is 4.26. The fraction of sp³-hybridized carbons (Fsp3) is 0.0667. The lowest BCUT2D eigenvalue weighted by Gasteiger charge is -2.00. The molecule has 0 saturated heterocycles. The number of hydroxylamine groups is 1. The van der Waals surface area contributed by atoms with Gasteiger partial charge in [0.25, 0.3) is 5.91 Å². The van der Waals surface area contributed by atoms with Crippen LogP contribution in [0.4, 0.5) is 0 Å². The highest BCUT2D eigenvalue weighted by atomic mass is 35.5. The van der Waals surface area contributed by atoms with Gasteiger partial charge in [0.1, 0.15) is 0 Å². The van der Waals surface area contributed by atoms with Crippen molar-refractivity contribution in [2.24, 2.45) is 7.05 Å². The summed E-state index contributed by atoms with van der Waals surface area (Å²) in [5.41, 5.74) is 3.81. The van der Waals surface area contributed by atoms with Gasteiger partial charge < -0.3 is 4.57 Å². The van der Waals surface area contributed by atoms with Crippen LogP contribution < -0.4 is 5.48 Å². The van der Waals surface area contributed by atoms with E-state index < -0.39 is 5.91 Å². The molecule has 0 atom stereocenters. The zero-order chi connectivity index (χ0) is 15.2. The molecule has 0 aliphatic rings. The van der Waals surface area contributed by atoms with Crippen LogP contribution in [0.25, 0.3) is 12.2 Å². The number of carbonyl (C=O) groups is 2. The van der Waals surface area contributed by atoms with E-state index in [4.69, 9.17) is 5.21 Å². The van der Waals surface area contributed by atoms with Gasteiger partial charge in [-0.05, 0) is 41.8 Å². The van der Waals surface area contributed by atoms with Crippen LogP contribution in [0.1, 0.15) is 21.7 Å². The number of thiophene rings is 1. The lowest BCUT2D eigenvalue weighted by Crippen LogP contribution is -2.14. The van der Waals surface area contributed by atoms with Crippen molar-refractivity contribution in [1.82, 2.24) is 10.0 Å². The smallest absolute Gasteiger partial charge is 0.267 e. The summed E-state index contributed by atoms with van der Waals surface area (Å²) < 4.78 is 1.83. The number of rotatable bonds is 5. The van der Waals surface area contributed by atoms with Crippen molar-refractivity contribution in [1.29, 1.82) is 0 Å². The van der Waals surface area contributed by atoms with Crippen molar-refractivity contribution in [2.75, 3.05) is 0 Å². The molecule has 1 amide bonds. The van der Waals surface area contributed by atoms with Gasteiger partial charge in [-0.1, -0.05) is 0 Å². The fourth-order valence-corrected chi connectivity index (χ4v) is 2.38. The largest absolute Gasteiger partial charge is 0.345 e. The van der Waals surface area contributed by atoms with Crippen molar-refractivity contribution in [2.45, 2.75) is 0 Å². The molecule has 5 nitrogen and oxygen atoms in total. The van der Waals surface area contributed by atoms with Crippen molar-refractivity contribution in [3.63, 3.8) is 0 Å². The zero-order valence-electron chi connectivity index (χ0n) is 11.7. The molecule has 0 aliphatic heterocycles. The third kappa shape index (κ3) is 4.42. The molecule has 0 spiro atoms. The first-order valence-corrected chi connectivity index (χ1v) is 7.08. The van der Waals surface area contributed by atoms with Gasteiger partial charge in [-0.25, -0.2) is 5.48 Å². The molecule has 2 heterocycles. The van der Waals surface area contributed by atoms with E-state index in [0.29, 0.717) is 5.56 Å². The average molecular weight is 339 g/mol. The second-order valence-corrected chi connectivity index (χ2v) is 5.04. The van der Waals surface area contributed by atoms with Crippen molar-refractivity contribution in [3.8, 4) is 0 Å². The van der Waals surface area contributed by atoms with Gasteiger partial charge >= 0.3 is 0 Å². The highest BCUT2D eigenvalue weighted by molar-refractivity contribution is 7.08. The predicted octanol–water partition coefficient (Wildman–Crippen LogP) is 2.92. The molecule has 7 heteroatoms. The maximum absolute atomic E-state index is 11.9. The first-order chi connectivity index (χ1) is 10.1. The van der Waals surface area contributed by atoms with Crippen molar-refractivity contribution in [3.05, 3.63) is 58.1 Å². The second kappa shape index (κ2) is 8.33. The number of carbonyl (C=O) groups excluding carboxylic acids is 2. The number of halogens is 1. The van der Waals surface area contributed by atoms with E-state index in [1.165, 1.54) is 29.0 Å². The van der Waals surface area contributed by atoms with Crippen molar-refractivity contribution >= 4 is 47.6 Å². The number of hydrogen-bond acceptors (Lipinski definition) is 4. The normalized spacial score (nSPS) is 10.8. The monoisotopic (exact) mass is 338 g/mol. The lowest BCUT2D eigenvalue weighted by molar-refractivity contribution is -0.124. The topological polar surface area (TPSA) is 71.3 Å². The highest BCUT2D eigenvalue weighted by Gasteiger charge is 2.03. The number of allylic oxidation sites excluding steroid dienone is 1. The molecular formula is C15H15ClN2O3S. The summed E-state index contributed by atoms with van der Waals surface area (Å²) in [7, 11) is 1.82. The van der Waals surface area contributed by atoms with E-state index in [0.717, 1.165) is 11.4 Å². The number of ketones is 1. The molecular weight excluding hydrogens is 324 g/mol. The van der Waals surface area contributed by atoms with E-state index in [-0.39, 0.29) is 18.2 Å². The van der Waals surface area contributed by atoms with E-state index >= 15 is 0 Å². The Labute approximate surface area is 137 Å². The maximum atomic E-state index is 11.9. The van der Waals surface area contributed by atoms with Crippen LogP contribution in [0, 0.1) is 0 Å². The maximum Gasteiger partial charge on any atom is 0.267 e. The lowest BCUT2D eigenvalue weighted by atomic mass is 10.2. The Balaban J connectivity index is 0.00000242. The Kier molecular flexibility index (Phi) is 6.78. The summed E-state index contributed by atoms with van der Waals surface area (Å²) in [5, 5.41) is 12.1. The van der Waals surface area contributed by atoms with Crippen LogP contribution in [0.2, 0.25) is 0 Å². The van der Waals surface area contributed by atoms with Gasteiger partial charge in [0.15, 0.2) is 5.78 Å². The number of nitrogens with zero attached hydrogens (tertiary/aromatic N) is 1. The molecule has 2 rings (SSSR count). The van der Waals surface area contributed by atoms with Crippen LogP contribution in [0.3, 0.4) is 0 Å². The molecule has 22 heavy (non-hydrogen) atoms. The standard InChI is InChI=1S/C15H14N2O3S.ClH/c1-17-12(2-3-13(17)5-7-15(19)16-20)4-6-14(18)11-8-9-21-10-11;/h2-10,20H,1H3,(H,16,19);1H/b6-4+,7-5+;. The summed E-state index contributed by atoms with van der Waals surface area (Å²) in [4.78, 5) is 22.8. The molecule has 0 aromatic carbocycles. The Morgan fingerprint density at radius 2 is 1.82 bits per heavy atom. The quantitative estimate of drug-likeness (QED) is 0.381. The van der Waals surface area contributed by atoms with E-state index in [2.05, 4.69) is 0 Å². The SMILES string of the molecule is Cl.Cn1c(/C=C/C(=O)NO)ccc1/C=C/C(=O)c1ccsc1. The van der Waals surface area contributed by atoms with Crippen LogP contribution in [0.15, 0.2) is 41.1 Å². The zero-order valence-corrected chi connectivity index (χ0v) is 13.4. The minimum atomic E-state index is -0.596. The number of amides is 1. The molecule has 0 saturated carbocycles. The first-order valence-electron chi connectivity index (χ1n) is 6.14. The molecule has 2 N–H and O–H groups in total. The minimum Gasteiger partial charge on any atom is -0.345 e. The molecule has 116 valence electrons. The van der Waals surface area contributed by atoms with Gasteiger partial charge in [-0.15, -0.1) is 12.4 Å². The van der Waals surface area contributed by atoms with E-state index in [1.807, 2.05) is 29.1 Å². The van der Waals surface area contributed by atoms with E-state index in [9.17, 15) is 9.59 Å². The fourth-order valence-electron chi connectivity index (χ4n) is 1.74. The van der Waals surface area contributed by atoms with Gasteiger partial charge in [-0.2, -0.15) is 11.3 Å². The molecule has 2 aromatic heterocycles. The molecule has 0 aliphatic carbocycles. The molecule has 2 aromatic rings. The molecule has 0 bridgehead atoms. The first kappa shape index (κ1) is 17.9. The summed E-state index contributed by atoms with van der Waals surface area (Å²) in [6.45, 7) is 0. The van der Waals surface area contributed by atoms with Crippen LogP contribution in [-0.2, 0) is 11.8 Å². The van der Waals surface area contributed by atoms with Crippen LogP contribution in [-0.4, -0.2) is 21.5 Å². The number of nitrogens with one attached hydrogen (secondary N) is 1. The van der Waals surface area contributed by atoms with E-state index in [1.54, 1.807) is 23.6 Å². The Bertz CT molecular complexity index is 702. The minimum absolute atomic E-state index is 0.